The molecule has 1 saturated heterocycles. The van der Waals surface area contributed by atoms with E-state index >= 15 is 0 Å². The summed E-state index contributed by atoms with van der Waals surface area (Å²) < 4.78 is 26.6. The summed E-state index contributed by atoms with van der Waals surface area (Å²) in [6.45, 7) is 5.38. The van der Waals surface area contributed by atoms with Crippen LogP contribution in [0.25, 0.3) is 0 Å². The van der Waals surface area contributed by atoms with Crippen LogP contribution in [-0.4, -0.2) is 38.2 Å². The van der Waals surface area contributed by atoms with E-state index in [1.54, 1.807) is 6.07 Å². The lowest BCUT2D eigenvalue weighted by Crippen LogP contribution is -2.44. The van der Waals surface area contributed by atoms with Crippen molar-refractivity contribution in [3.05, 3.63) is 29.8 Å². The number of rotatable bonds is 5. The third-order valence-corrected chi connectivity index (χ3v) is 5.35. The van der Waals surface area contributed by atoms with Gasteiger partial charge in [-0.25, -0.2) is 8.78 Å². The summed E-state index contributed by atoms with van der Waals surface area (Å²) in [6, 6.07) is 4.67. The fourth-order valence-corrected chi connectivity index (χ4v) is 3.88. The summed E-state index contributed by atoms with van der Waals surface area (Å²) in [5.41, 5.74) is 0.752. The molecule has 2 aliphatic rings. The van der Waals surface area contributed by atoms with Gasteiger partial charge in [0.05, 0.1) is 0 Å². The maximum absolute atomic E-state index is 13.5. The van der Waals surface area contributed by atoms with Crippen LogP contribution in [0.3, 0.4) is 0 Å². The molecule has 0 radical (unpaired) electrons. The van der Waals surface area contributed by atoms with Crippen molar-refractivity contribution in [1.82, 2.24) is 10.6 Å². The predicted octanol–water partition coefficient (Wildman–Crippen LogP) is 3.68. The zero-order valence-corrected chi connectivity index (χ0v) is 15.6. The van der Waals surface area contributed by atoms with Gasteiger partial charge in [-0.05, 0) is 44.2 Å². The van der Waals surface area contributed by atoms with E-state index in [-0.39, 0.29) is 0 Å². The van der Waals surface area contributed by atoms with Gasteiger partial charge in [0, 0.05) is 44.0 Å². The van der Waals surface area contributed by atoms with E-state index in [1.165, 1.54) is 44.2 Å². The topological polar surface area (TPSA) is 39.7 Å². The van der Waals surface area contributed by atoms with Gasteiger partial charge in [0.15, 0.2) is 17.6 Å². The fraction of sp³-hybridized carbons (Fsp3) is 0.650. The van der Waals surface area contributed by atoms with Gasteiger partial charge in [-0.2, -0.15) is 0 Å². The lowest BCUT2D eigenvalue weighted by atomic mass is 9.96. The van der Waals surface area contributed by atoms with Crippen LogP contribution in [0.1, 0.15) is 45.4 Å². The van der Waals surface area contributed by atoms with Crippen molar-refractivity contribution in [2.75, 3.05) is 31.1 Å². The van der Waals surface area contributed by atoms with Gasteiger partial charge >= 0.3 is 0 Å². The van der Waals surface area contributed by atoms with Crippen LogP contribution in [0.2, 0.25) is 0 Å². The molecule has 1 heterocycles. The Labute approximate surface area is 155 Å². The maximum atomic E-state index is 13.5. The van der Waals surface area contributed by atoms with Crippen LogP contribution in [-0.2, 0) is 0 Å². The smallest absolute Gasteiger partial charge is 0.191 e. The second-order valence-corrected chi connectivity index (χ2v) is 7.40. The number of hydrogen-bond acceptors (Lipinski definition) is 2. The Morgan fingerprint density at radius 3 is 2.69 bits per heavy atom. The van der Waals surface area contributed by atoms with Crippen LogP contribution in [0.15, 0.2) is 23.2 Å². The molecule has 3 rings (SSSR count). The molecule has 0 bridgehead atoms. The van der Waals surface area contributed by atoms with Crippen LogP contribution in [0.5, 0.6) is 0 Å². The molecule has 1 aromatic rings. The summed E-state index contributed by atoms with van der Waals surface area (Å²) in [7, 11) is 0. The molecule has 1 aliphatic heterocycles. The molecule has 1 atom stereocenters. The number of benzene rings is 1. The minimum absolute atomic E-state index is 0.435. The molecule has 4 nitrogen and oxygen atoms in total. The van der Waals surface area contributed by atoms with Gasteiger partial charge in [0.2, 0.25) is 0 Å². The average Bonchev–Trinajstić information content (AvgIpc) is 3.12. The lowest BCUT2D eigenvalue weighted by molar-refractivity contribution is 0.409. The van der Waals surface area contributed by atoms with Gasteiger partial charge < -0.3 is 15.5 Å². The fourth-order valence-electron chi connectivity index (χ4n) is 3.88. The molecule has 6 heteroatoms. The Morgan fingerprint density at radius 1 is 1.15 bits per heavy atom. The highest BCUT2D eigenvalue weighted by atomic mass is 19.2. The van der Waals surface area contributed by atoms with Crippen LogP contribution < -0.4 is 15.5 Å². The first-order valence-corrected chi connectivity index (χ1v) is 9.90. The van der Waals surface area contributed by atoms with E-state index in [1.807, 2.05) is 0 Å². The van der Waals surface area contributed by atoms with E-state index in [2.05, 4.69) is 22.5 Å². The van der Waals surface area contributed by atoms with Gasteiger partial charge in [-0.3, -0.25) is 4.99 Å². The number of guanidine groups is 1. The molecule has 1 saturated carbocycles. The maximum Gasteiger partial charge on any atom is 0.191 e. The van der Waals surface area contributed by atoms with Crippen molar-refractivity contribution in [1.29, 1.82) is 0 Å². The highest BCUT2D eigenvalue weighted by Crippen LogP contribution is 2.25. The number of nitrogens with zero attached hydrogens (tertiary/aromatic N) is 2. The van der Waals surface area contributed by atoms with Crippen LogP contribution in [0, 0.1) is 17.6 Å². The van der Waals surface area contributed by atoms with Gasteiger partial charge in [-0.15, -0.1) is 0 Å². The SMILES string of the molecule is CCNC(=NCC1CCN(c2ccc(F)c(F)c2)C1)NC1CCCCC1. The first-order chi connectivity index (χ1) is 12.7. The molecule has 144 valence electrons. The molecule has 2 N–H and O–H groups in total. The number of nitrogens with one attached hydrogen (secondary N) is 2. The number of hydrogen-bond donors (Lipinski definition) is 2. The zero-order valence-electron chi connectivity index (χ0n) is 15.6. The Hall–Kier alpha value is -1.85. The molecule has 2 fully saturated rings. The normalized spacial score (nSPS) is 21.9. The highest BCUT2D eigenvalue weighted by Gasteiger charge is 2.23. The van der Waals surface area contributed by atoms with Gasteiger partial charge in [0.25, 0.3) is 0 Å². The number of halogens is 2. The molecular formula is C20H30F2N4. The largest absolute Gasteiger partial charge is 0.371 e. The lowest BCUT2D eigenvalue weighted by Gasteiger charge is -2.25. The quantitative estimate of drug-likeness (QED) is 0.618. The molecule has 1 aliphatic carbocycles. The van der Waals surface area contributed by atoms with Gasteiger partial charge in [-0.1, -0.05) is 19.3 Å². The molecular weight excluding hydrogens is 334 g/mol. The zero-order chi connectivity index (χ0) is 18.4. The third kappa shape index (κ3) is 5.08. The first-order valence-electron chi connectivity index (χ1n) is 9.90. The average molecular weight is 364 g/mol. The van der Waals surface area contributed by atoms with E-state index in [4.69, 9.17) is 4.99 Å². The second kappa shape index (κ2) is 9.19. The van der Waals surface area contributed by atoms with Crippen molar-refractivity contribution in [2.45, 2.75) is 51.5 Å². The molecule has 26 heavy (non-hydrogen) atoms. The number of anilines is 1. The van der Waals surface area contributed by atoms with Crippen molar-refractivity contribution < 1.29 is 8.78 Å². The summed E-state index contributed by atoms with van der Waals surface area (Å²) in [5, 5.41) is 6.92. The Morgan fingerprint density at radius 2 is 1.96 bits per heavy atom. The molecule has 0 amide bonds. The van der Waals surface area contributed by atoms with Crippen molar-refractivity contribution in [2.24, 2.45) is 10.9 Å². The van der Waals surface area contributed by atoms with Crippen LogP contribution in [0.4, 0.5) is 14.5 Å². The first kappa shape index (κ1) is 18.9. The Bertz CT molecular complexity index is 614. The minimum Gasteiger partial charge on any atom is -0.371 e. The van der Waals surface area contributed by atoms with Crippen molar-refractivity contribution in [3.63, 3.8) is 0 Å². The van der Waals surface area contributed by atoms with Crippen LogP contribution >= 0.6 is 0 Å². The summed E-state index contributed by atoms with van der Waals surface area (Å²) >= 11 is 0. The standard InChI is InChI=1S/C20H30F2N4/c1-2-23-20(25-16-6-4-3-5-7-16)24-13-15-10-11-26(14-15)17-8-9-18(21)19(22)12-17/h8-9,12,15-16H,2-7,10-11,13-14H2,1H3,(H2,23,24,25). The van der Waals surface area contributed by atoms with Crippen molar-refractivity contribution >= 4 is 11.6 Å². The van der Waals surface area contributed by atoms with E-state index in [0.29, 0.717) is 12.0 Å². The molecule has 1 aromatic carbocycles. The molecule has 0 spiro atoms. The predicted molar refractivity (Wildman–Crippen MR) is 103 cm³/mol. The highest BCUT2D eigenvalue weighted by molar-refractivity contribution is 5.80. The third-order valence-electron chi connectivity index (χ3n) is 5.35. The summed E-state index contributed by atoms with van der Waals surface area (Å²) in [5.74, 6) is -0.233. The second-order valence-electron chi connectivity index (χ2n) is 7.40. The summed E-state index contributed by atoms with van der Waals surface area (Å²) in [4.78, 5) is 6.90. The van der Waals surface area contributed by atoms with E-state index in [0.717, 1.165) is 44.2 Å². The minimum atomic E-state index is -0.793. The van der Waals surface area contributed by atoms with Gasteiger partial charge in [0.1, 0.15) is 0 Å². The van der Waals surface area contributed by atoms with E-state index < -0.39 is 11.6 Å². The molecule has 1 unspecified atom stereocenters. The van der Waals surface area contributed by atoms with Crippen molar-refractivity contribution in [3.8, 4) is 0 Å². The number of aliphatic imine (C=N–C) groups is 1. The summed E-state index contributed by atoms with van der Waals surface area (Å²) in [6.07, 6.45) is 7.39. The van der Waals surface area contributed by atoms with E-state index in [9.17, 15) is 8.78 Å². The monoisotopic (exact) mass is 364 g/mol. The Kier molecular flexibility index (Phi) is 6.69. The molecule has 0 aromatic heterocycles. The Balaban J connectivity index is 1.53.